The van der Waals surface area contributed by atoms with Gasteiger partial charge in [0.15, 0.2) is 10.9 Å². The molecule has 148 valence electrons. The van der Waals surface area contributed by atoms with Gasteiger partial charge in [-0.1, -0.05) is 34.8 Å². The van der Waals surface area contributed by atoms with Gasteiger partial charge in [0.2, 0.25) is 0 Å². The topological polar surface area (TPSA) is 91.6 Å². The van der Waals surface area contributed by atoms with Crippen LogP contribution < -0.4 is 10.6 Å². The van der Waals surface area contributed by atoms with Gasteiger partial charge >= 0.3 is 5.97 Å². The number of hydrogen-bond donors (Lipinski definition) is 3. The fraction of sp³-hybridized carbons (Fsp3) is 0. The second-order valence-corrected chi connectivity index (χ2v) is 7.33. The SMILES string of the molecule is O=C(NC(=S)Nc1ccc(Cl)c(C(=O)O)c1)c1ccc(-c2ccc(Cl)c(Cl)c2)o1. The first-order chi connectivity index (χ1) is 13.7. The van der Waals surface area contributed by atoms with Crippen LogP contribution in [0.1, 0.15) is 20.9 Å². The van der Waals surface area contributed by atoms with Crippen molar-refractivity contribution in [1.29, 1.82) is 0 Å². The number of benzene rings is 2. The number of halogens is 3. The van der Waals surface area contributed by atoms with Gasteiger partial charge in [-0.2, -0.15) is 0 Å². The molecule has 0 radical (unpaired) electrons. The van der Waals surface area contributed by atoms with Crippen molar-refractivity contribution in [3.63, 3.8) is 0 Å². The third kappa shape index (κ3) is 5.07. The molecule has 0 unspecified atom stereocenters. The van der Waals surface area contributed by atoms with Crippen LogP contribution in [0, 0.1) is 0 Å². The second-order valence-electron chi connectivity index (χ2n) is 5.70. The van der Waals surface area contributed by atoms with Crippen LogP contribution in [0.15, 0.2) is 52.9 Å². The average Bonchev–Trinajstić information content (AvgIpc) is 3.15. The third-order valence-electron chi connectivity index (χ3n) is 3.72. The number of amides is 1. The Morgan fingerprint density at radius 3 is 2.34 bits per heavy atom. The Morgan fingerprint density at radius 2 is 1.66 bits per heavy atom. The molecule has 3 aromatic rings. The second kappa shape index (κ2) is 8.84. The van der Waals surface area contributed by atoms with Gasteiger partial charge in [-0.05, 0) is 60.7 Å². The lowest BCUT2D eigenvalue weighted by molar-refractivity contribution is 0.0697. The van der Waals surface area contributed by atoms with Gasteiger partial charge in [-0.3, -0.25) is 10.1 Å². The minimum absolute atomic E-state index is 0.0255. The summed E-state index contributed by atoms with van der Waals surface area (Å²) in [6, 6.07) is 12.3. The van der Waals surface area contributed by atoms with E-state index < -0.39 is 11.9 Å². The van der Waals surface area contributed by atoms with Gasteiger partial charge < -0.3 is 14.8 Å². The zero-order valence-corrected chi connectivity index (χ0v) is 17.4. The molecule has 0 aliphatic rings. The molecule has 6 nitrogen and oxygen atoms in total. The standard InChI is InChI=1S/C19H11Cl3N2O4S/c20-12-4-2-10(8-11(12)18(26)27)23-19(29)24-17(25)16-6-5-15(28-16)9-1-3-13(21)14(22)7-9/h1-8H,(H,26,27)(H2,23,24,25,29). The Bertz CT molecular complexity index is 1130. The lowest BCUT2D eigenvalue weighted by Crippen LogP contribution is -2.33. The van der Waals surface area contributed by atoms with E-state index in [4.69, 9.17) is 56.5 Å². The van der Waals surface area contributed by atoms with Gasteiger partial charge in [-0.15, -0.1) is 0 Å². The summed E-state index contributed by atoms with van der Waals surface area (Å²) in [6.07, 6.45) is 0. The number of aromatic carboxylic acids is 1. The van der Waals surface area contributed by atoms with E-state index >= 15 is 0 Å². The van der Waals surface area contributed by atoms with Gasteiger partial charge in [-0.25, -0.2) is 4.79 Å². The van der Waals surface area contributed by atoms with Crippen LogP contribution in [-0.4, -0.2) is 22.1 Å². The highest BCUT2D eigenvalue weighted by Gasteiger charge is 2.15. The van der Waals surface area contributed by atoms with Crippen LogP contribution in [0.2, 0.25) is 15.1 Å². The highest BCUT2D eigenvalue weighted by Crippen LogP contribution is 2.29. The van der Waals surface area contributed by atoms with E-state index in [-0.39, 0.29) is 21.5 Å². The van der Waals surface area contributed by atoms with E-state index in [1.807, 2.05) is 0 Å². The van der Waals surface area contributed by atoms with Gasteiger partial charge in [0, 0.05) is 11.3 Å². The monoisotopic (exact) mass is 468 g/mol. The smallest absolute Gasteiger partial charge is 0.337 e. The Hall–Kier alpha value is -2.58. The number of carbonyl (C=O) groups is 2. The number of rotatable bonds is 4. The predicted molar refractivity (Wildman–Crippen MR) is 116 cm³/mol. The van der Waals surface area contributed by atoms with Crippen LogP contribution in [-0.2, 0) is 0 Å². The normalized spacial score (nSPS) is 10.4. The van der Waals surface area contributed by atoms with Crippen molar-refractivity contribution < 1.29 is 19.1 Å². The molecule has 0 atom stereocenters. The fourth-order valence-corrected chi connectivity index (χ4v) is 3.07. The van der Waals surface area contributed by atoms with Crippen molar-refractivity contribution in [2.24, 2.45) is 0 Å². The molecule has 1 aromatic heterocycles. The lowest BCUT2D eigenvalue weighted by Gasteiger charge is -2.10. The predicted octanol–water partition coefficient (Wildman–Crippen LogP) is 5.73. The van der Waals surface area contributed by atoms with Crippen molar-refractivity contribution >= 4 is 69.7 Å². The molecule has 0 aliphatic heterocycles. The van der Waals surface area contributed by atoms with E-state index in [9.17, 15) is 9.59 Å². The van der Waals surface area contributed by atoms with Crippen LogP contribution in [0.5, 0.6) is 0 Å². The van der Waals surface area contributed by atoms with Crippen molar-refractivity contribution in [3.05, 3.63) is 74.9 Å². The quantitative estimate of drug-likeness (QED) is 0.423. The minimum atomic E-state index is -1.18. The number of thiocarbonyl (C=S) groups is 1. The van der Waals surface area contributed by atoms with Gasteiger partial charge in [0.05, 0.1) is 20.6 Å². The van der Waals surface area contributed by atoms with Gasteiger partial charge in [0.25, 0.3) is 5.91 Å². The first-order valence-corrected chi connectivity index (χ1v) is 9.49. The molecule has 0 fully saturated rings. The molecule has 29 heavy (non-hydrogen) atoms. The van der Waals surface area contributed by atoms with E-state index in [0.717, 1.165) is 0 Å². The maximum atomic E-state index is 12.3. The summed E-state index contributed by atoms with van der Waals surface area (Å²) in [7, 11) is 0. The summed E-state index contributed by atoms with van der Waals surface area (Å²) in [5, 5.41) is 15.1. The van der Waals surface area contributed by atoms with Crippen LogP contribution in [0.4, 0.5) is 5.69 Å². The first-order valence-electron chi connectivity index (χ1n) is 7.95. The molecule has 0 saturated heterocycles. The zero-order chi connectivity index (χ0) is 21.1. The van der Waals surface area contributed by atoms with Crippen LogP contribution in [0.3, 0.4) is 0 Å². The maximum absolute atomic E-state index is 12.3. The molecular weight excluding hydrogens is 459 g/mol. The lowest BCUT2D eigenvalue weighted by atomic mass is 10.2. The molecule has 1 amide bonds. The number of carbonyl (C=O) groups excluding carboxylic acids is 1. The zero-order valence-electron chi connectivity index (χ0n) is 14.3. The maximum Gasteiger partial charge on any atom is 0.337 e. The summed E-state index contributed by atoms with van der Waals surface area (Å²) in [4.78, 5) is 23.5. The molecular formula is C19H11Cl3N2O4S. The number of nitrogens with one attached hydrogen (secondary N) is 2. The largest absolute Gasteiger partial charge is 0.478 e. The number of anilines is 1. The Morgan fingerprint density at radius 1 is 0.931 bits per heavy atom. The molecule has 10 heteroatoms. The highest BCUT2D eigenvalue weighted by molar-refractivity contribution is 7.80. The molecule has 3 N–H and O–H groups in total. The Labute approximate surface area is 185 Å². The molecule has 0 saturated carbocycles. The van der Waals surface area contributed by atoms with E-state index in [2.05, 4.69) is 10.6 Å². The molecule has 0 spiro atoms. The summed E-state index contributed by atoms with van der Waals surface area (Å²) in [5.74, 6) is -1.31. The summed E-state index contributed by atoms with van der Waals surface area (Å²) in [5.41, 5.74) is 0.914. The summed E-state index contributed by atoms with van der Waals surface area (Å²) in [6.45, 7) is 0. The molecule has 3 rings (SSSR count). The van der Waals surface area contributed by atoms with Crippen LogP contribution >= 0.6 is 47.0 Å². The van der Waals surface area contributed by atoms with E-state index in [1.165, 1.54) is 24.3 Å². The summed E-state index contributed by atoms with van der Waals surface area (Å²) < 4.78 is 5.55. The third-order valence-corrected chi connectivity index (χ3v) is 4.99. The number of carboxylic acid groups (broad SMARTS) is 1. The summed E-state index contributed by atoms with van der Waals surface area (Å²) >= 11 is 22.8. The van der Waals surface area contributed by atoms with Crippen molar-refractivity contribution in [2.75, 3.05) is 5.32 Å². The Kier molecular flexibility index (Phi) is 6.44. The van der Waals surface area contributed by atoms with E-state index in [1.54, 1.807) is 24.3 Å². The van der Waals surface area contributed by atoms with Crippen LogP contribution in [0.25, 0.3) is 11.3 Å². The molecule has 0 aliphatic carbocycles. The number of furan rings is 1. The Balaban J connectivity index is 1.68. The van der Waals surface area contributed by atoms with Crippen molar-refractivity contribution in [3.8, 4) is 11.3 Å². The minimum Gasteiger partial charge on any atom is -0.478 e. The average molecular weight is 470 g/mol. The highest BCUT2D eigenvalue weighted by atomic mass is 35.5. The molecule has 0 bridgehead atoms. The number of hydrogen-bond acceptors (Lipinski definition) is 4. The van der Waals surface area contributed by atoms with Crippen molar-refractivity contribution in [2.45, 2.75) is 0 Å². The van der Waals surface area contributed by atoms with Gasteiger partial charge in [0.1, 0.15) is 5.76 Å². The van der Waals surface area contributed by atoms with Crippen molar-refractivity contribution in [1.82, 2.24) is 5.32 Å². The fourth-order valence-electron chi connectivity index (χ4n) is 2.36. The number of carboxylic acids is 1. The van der Waals surface area contributed by atoms with E-state index in [0.29, 0.717) is 27.1 Å². The first kappa shape index (κ1) is 21.1. The molecule has 2 aromatic carbocycles. The molecule has 1 heterocycles.